The third kappa shape index (κ3) is 6.32. The molecule has 2 N–H and O–H groups in total. The molecule has 1 rings (SSSR count). The lowest BCUT2D eigenvalue weighted by molar-refractivity contribution is -0.120. The number of rotatable bonds is 9. The topological polar surface area (TPSA) is 78.5 Å². The zero-order valence-corrected chi connectivity index (χ0v) is 11.9. The molecular weight excluding hydrogens is 254 g/mol. The third-order valence-electron chi connectivity index (χ3n) is 2.86. The maximum Gasteiger partial charge on any atom is 0.233 e. The zero-order chi connectivity index (χ0) is 13.6. The van der Waals surface area contributed by atoms with E-state index in [0.717, 1.165) is 12.8 Å². The van der Waals surface area contributed by atoms with Crippen molar-refractivity contribution in [2.24, 2.45) is 0 Å². The number of sulfonamides is 1. The van der Waals surface area contributed by atoms with Crippen LogP contribution in [0.1, 0.15) is 26.2 Å². The van der Waals surface area contributed by atoms with Crippen molar-refractivity contribution in [1.82, 2.24) is 14.9 Å². The molecule has 0 aromatic rings. The summed E-state index contributed by atoms with van der Waals surface area (Å²) in [6.45, 7) is 3.59. The Balaban J connectivity index is 2.07. The molecule has 0 spiro atoms. The fraction of sp³-hybridized carbons (Fsp3) is 0.909. The number of nitrogens with zero attached hydrogens (tertiary/aromatic N) is 1. The van der Waals surface area contributed by atoms with Crippen LogP contribution in [0.2, 0.25) is 0 Å². The van der Waals surface area contributed by atoms with Gasteiger partial charge in [-0.05, 0) is 19.3 Å². The highest BCUT2D eigenvalue weighted by molar-refractivity contribution is 7.88. The molecule has 0 aromatic heterocycles. The molecule has 1 amide bonds. The summed E-state index contributed by atoms with van der Waals surface area (Å²) in [5, 5.41) is 5.90. The summed E-state index contributed by atoms with van der Waals surface area (Å²) in [7, 11) is -3.12. The van der Waals surface area contributed by atoms with Gasteiger partial charge >= 0.3 is 0 Å². The smallest absolute Gasteiger partial charge is 0.233 e. The van der Waals surface area contributed by atoms with Gasteiger partial charge in [0.15, 0.2) is 0 Å². The minimum atomic E-state index is -3.12. The van der Waals surface area contributed by atoms with Gasteiger partial charge in [0, 0.05) is 25.7 Å². The first-order chi connectivity index (χ1) is 8.43. The molecule has 0 saturated heterocycles. The first-order valence-electron chi connectivity index (χ1n) is 6.38. The maximum atomic E-state index is 11.4. The van der Waals surface area contributed by atoms with Crippen molar-refractivity contribution in [2.45, 2.75) is 32.2 Å². The van der Waals surface area contributed by atoms with Gasteiger partial charge < -0.3 is 10.6 Å². The van der Waals surface area contributed by atoms with Gasteiger partial charge in [0.2, 0.25) is 15.9 Å². The van der Waals surface area contributed by atoms with Crippen molar-refractivity contribution in [1.29, 1.82) is 0 Å². The van der Waals surface area contributed by atoms with Gasteiger partial charge in [-0.3, -0.25) is 4.79 Å². The maximum absolute atomic E-state index is 11.4. The Morgan fingerprint density at radius 2 is 2.06 bits per heavy atom. The molecule has 1 fully saturated rings. The van der Waals surface area contributed by atoms with Crippen LogP contribution in [0.5, 0.6) is 0 Å². The molecule has 0 atom stereocenters. The molecular formula is C11H23N3O3S. The number of amides is 1. The van der Waals surface area contributed by atoms with Crippen molar-refractivity contribution in [2.75, 3.05) is 32.4 Å². The highest BCUT2D eigenvalue weighted by atomic mass is 32.2. The predicted octanol–water partition coefficient (Wildman–Crippen LogP) is -0.474. The predicted molar refractivity (Wildman–Crippen MR) is 70.7 cm³/mol. The highest BCUT2D eigenvalue weighted by Gasteiger charge is 2.21. The number of nitrogens with one attached hydrogen (secondary N) is 2. The Morgan fingerprint density at radius 1 is 1.39 bits per heavy atom. The van der Waals surface area contributed by atoms with Gasteiger partial charge in [-0.1, -0.05) is 6.92 Å². The van der Waals surface area contributed by atoms with E-state index in [9.17, 15) is 13.2 Å². The van der Waals surface area contributed by atoms with Gasteiger partial charge in [0.05, 0.1) is 12.8 Å². The van der Waals surface area contributed by atoms with Crippen LogP contribution in [-0.2, 0) is 14.8 Å². The van der Waals surface area contributed by atoms with Crippen LogP contribution in [-0.4, -0.2) is 57.1 Å². The van der Waals surface area contributed by atoms with Gasteiger partial charge in [0.1, 0.15) is 0 Å². The molecule has 0 aromatic carbocycles. The molecule has 0 unspecified atom stereocenters. The van der Waals surface area contributed by atoms with Crippen LogP contribution < -0.4 is 10.6 Å². The van der Waals surface area contributed by atoms with Crippen molar-refractivity contribution in [3.63, 3.8) is 0 Å². The Morgan fingerprint density at radius 3 is 2.56 bits per heavy atom. The van der Waals surface area contributed by atoms with Crippen molar-refractivity contribution < 1.29 is 13.2 Å². The average molecular weight is 277 g/mol. The number of carbonyl (C=O) groups excluding carboxylic acids is 1. The minimum absolute atomic E-state index is 0.0238. The lowest BCUT2D eigenvalue weighted by atomic mass is 10.4. The standard InChI is InChI=1S/C11H23N3O3S/c1-3-14(18(2,16)17)8-4-7-12-11(15)9-13-10-5-6-10/h10,13H,3-9H2,1-2H3,(H,12,15). The second kappa shape index (κ2) is 7.06. The van der Waals surface area contributed by atoms with E-state index in [4.69, 9.17) is 0 Å². The number of hydrogen-bond acceptors (Lipinski definition) is 4. The van der Waals surface area contributed by atoms with Crippen LogP contribution in [0.25, 0.3) is 0 Å². The zero-order valence-electron chi connectivity index (χ0n) is 11.1. The molecule has 1 saturated carbocycles. The summed E-state index contributed by atoms with van der Waals surface area (Å²) in [4.78, 5) is 11.4. The molecule has 1 aliphatic carbocycles. The lowest BCUT2D eigenvalue weighted by Gasteiger charge is -2.17. The quantitative estimate of drug-likeness (QED) is 0.558. The Kier molecular flexibility index (Phi) is 6.04. The fourth-order valence-corrected chi connectivity index (χ4v) is 2.56. The minimum Gasteiger partial charge on any atom is -0.355 e. The molecule has 7 heteroatoms. The normalized spacial score (nSPS) is 15.9. The molecule has 0 radical (unpaired) electrons. The van der Waals surface area contributed by atoms with Crippen molar-refractivity contribution in [3.05, 3.63) is 0 Å². The van der Waals surface area contributed by atoms with E-state index < -0.39 is 10.0 Å². The molecule has 106 valence electrons. The Labute approximate surface area is 109 Å². The molecule has 0 bridgehead atoms. The van der Waals surface area contributed by atoms with Crippen LogP contribution in [0, 0.1) is 0 Å². The largest absolute Gasteiger partial charge is 0.355 e. The van der Waals surface area contributed by atoms with E-state index >= 15 is 0 Å². The molecule has 0 aliphatic heterocycles. The van der Waals surface area contributed by atoms with Crippen LogP contribution in [0.15, 0.2) is 0 Å². The van der Waals surface area contributed by atoms with E-state index in [1.807, 2.05) is 0 Å². The SMILES string of the molecule is CCN(CCCNC(=O)CNC1CC1)S(C)(=O)=O. The first kappa shape index (κ1) is 15.4. The van der Waals surface area contributed by atoms with E-state index in [0.29, 0.717) is 38.6 Å². The van der Waals surface area contributed by atoms with E-state index in [2.05, 4.69) is 10.6 Å². The van der Waals surface area contributed by atoms with Gasteiger partial charge in [-0.15, -0.1) is 0 Å². The lowest BCUT2D eigenvalue weighted by Crippen LogP contribution is -2.37. The van der Waals surface area contributed by atoms with E-state index in [1.165, 1.54) is 10.6 Å². The summed E-state index contributed by atoms with van der Waals surface area (Å²) in [6, 6.07) is 0.525. The van der Waals surface area contributed by atoms with Crippen LogP contribution >= 0.6 is 0 Å². The summed E-state index contributed by atoms with van der Waals surface area (Å²) < 4.78 is 24.0. The molecule has 0 heterocycles. The van der Waals surface area contributed by atoms with Crippen LogP contribution in [0.4, 0.5) is 0 Å². The van der Waals surface area contributed by atoms with E-state index in [1.54, 1.807) is 6.92 Å². The average Bonchev–Trinajstić information content (AvgIpc) is 3.08. The Bertz CT molecular complexity index is 366. The fourth-order valence-electron chi connectivity index (χ4n) is 1.63. The summed E-state index contributed by atoms with van der Waals surface area (Å²) in [5.41, 5.74) is 0. The van der Waals surface area contributed by atoms with E-state index in [-0.39, 0.29) is 5.91 Å². The molecule has 18 heavy (non-hydrogen) atoms. The first-order valence-corrected chi connectivity index (χ1v) is 8.23. The second-order valence-corrected chi connectivity index (χ2v) is 6.60. The summed E-state index contributed by atoms with van der Waals surface area (Å²) in [5.74, 6) is -0.0238. The second-order valence-electron chi connectivity index (χ2n) is 4.61. The number of carbonyl (C=O) groups is 1. The Hall–Kier alpha value is -0.660. The monoisotopic (exact) mass is 277 g/mol. The van der Waals surface area contributed by atoms with Crippen molar-refractivity contribution >= 4 is 15.9 Å². The molecule has 1 aliphatic rings. The van der Waals surface area contributed by atoms with Gasteiger partial charge in [0.25, 0.3) is 0 Å². The summed E-state index contributed by atoms with van der Waals surface area (Å²) in [6.07, 6.45) is 4.16. The molecule has 6 nitrogen and oxygen atoms in total. The highest BCUT2D eigenvalue weighted by Crippen LogP contribution is 2.17. The van der Waals surface area contributed by atoms with Gasteiger partial charge in [-0.25, -0.2) is 12.7 Å². The van der Waals surface area contributed by atoms with Crippen molar-refractivity contribution in [3.8, 4) is 0 Å². The summed E-state index contributed by atoms with van der Waals surface area (Å²) >= 11 is 0. The third-order valence-corrected chi connectivity index (χ3v) is 4.24. The van der Waals surface area contributed by atoms with Crippen LogP contribution in [0.3, 0.4) is 0 Å². The van der Waals surface area contributed by atoms with Gasteiger partial charge in [-0.2, -0.15) is 0 Å². The number of hydrogen-bond donors (Lipinski definition) is 2.